The van der Waals surface area contributed by atoms with Crippen molar-refractivity contribution in [1.29, 1.82) is 0 Å². The van der Waals surface area contributed by atoms with Crippen LogP contribution in [0.5, 0.6) is 0 Å². The Morgan fingerprint density at radius 2 is 1.30 bits per heavy atom. The number of hydrogen-bond donors (Lipinski definition) is 0. The van der Waals surface area contributed by atoms with E-state index < -0.39 is 0 Å². The van der Waals surface area contributed by atoms with E-state index in [0.717, 1.165) is 23.7 Å². The standard InChI is InChI=1S/C44H41BN2/c1-26(2)30-9-6-10-33(25-30)46-39-15-8-16-40-42(39)45(36-18-17-27(3)19-41(36)46)37-13-7-12-35-43(37)47(40)38-14-5-4-11-34(38)44(35)31-21-28-20-29(23-31)24-32(44)22-28/h4-19,25-26,28-29,31-32H,20-24H2,1-3H3. The number of hydrogen-bond acceptors (Lipinski definition) is 2. The highest BCUT2D eigenvalue weighted by atomic mass is 15.2. The molecule has 0 radical (unpaired) electrons. The zero-order valence-electron chi connectivity index (χ0n) is 27.7. The van der Waals surface area contributed by atoms with Gasteiger partial charge < -0.3 is 9.80 Å². The third kappa shape index (κ3) is 3.29. The summed E-state index contributed by atoms with van der Waals surface area (Å²) >= 11 is 0. The summed E-state index contributed by atoms with van der Waals surface area (Å²) in [4.78, 5) is 5.26. The molecule has 3 heteroatoms. The van der Waals surface area contributed by atoms with Crippen LogP contribution in [0.15, 0.2) is 103 Å². The van der Waals surface area contributed by atoms with E-state index in [1.807, 2.05) is 0 Å². The molecule has 0 aromatic heterocycles. The van der Waals surface area contributed by atoms with E-state index in [1.54, 1.807) is 11.1 Å². The molecule has 7 aliphatic rings. The number of rotatable bonds is 2. The molecule has 1 spiro atoms. The van der Waals surface area contributed by atoms with Crippen LogP contribution in [0.25, 0.3) is 0 Å². The van der Waals surface area contributed by atoms with E-state index in [1.165, 1.54) is 93.7 Å². The Morgan fingerprint density at radius 1 is 0.617 bits per heavy atom. The van der Waals surface area contributed by atoms with E-state index >= 15 is 0 Å². The van der Waals surface area contributed by atoms with Gasteiger partial charge in [0, 0.05) is 33.9 Å². The van der Waals surface area contributed by atoms with E-state index in [0.29, 0.717) is 5.92 Å². The van der Waals surface area contributed by atoms with Gasteiger partial charge in [-0.1, -0.05) is 80.6 Å². The van der Waals surface area contributed by atoms with Gasteiger partial charge in [0.25, 0.3) is 6.71 Å². The summed E-state index contributed by atoms with van der Waals surface area (Å²) in [6.07, 6.45) is 7.10. The lowest BCUT2D eigenvalue weighted by molar-refractivity contribution is -0.0419. The van der Waals surface area contributed by atoms with Gasteiger partial charge in [-0.25, -0.2) is 0 Å². The fraction of sp³-hybridized carbons (Fsp3) is 0.318. The second kappa shape index (κ2) is 9.22. The molecule has 230 valence electrons. The summed E-state index contributed by atoms with van der Waals surface area (Å²) in [5.74, 6) is 3.83. The SMILES string of the molecule is Cc1ccc2c(c1)N(c1cccc(C(C)C)c1)c1cccc3c1B2c1cccc2c1N3c1ccccc1C21C2CC3CC(C2)CC1C3. The van der Waals surface area contributed by atoms with Gasteiger partial charge in [-0.2, -0.15) is 0 Å². The van der Waals surface area contributed by atoms with Gasteiger partial charge in [0.05, 0.1) is 5.69 Å². The number of benzene rings is 5. The van der Waals surface area contributed by atoms with Crippen LogP contribution < -0.4 is 26.2 Å². The van der Waals surface area contributed by atoms with Gasteiger partial charge >= 0.3 is 0 Å². The van der Waals surface area contributed by atoms with Gasteiger partial charge in [-0.3, -0.25) is 0 Å². The third-order valence-electron chi connectivity index (χ3n) is 13.4. The van der Waals surface area contributed by atoms with E-state index in [-0.39, 0.29) is 12.1 Å². The van der Waals surface area contributed by atoms with Crippen molar-refractivity contribution in [3.63, 3.8) is 0 Å². The maximum atomic E-state index is 2.70. The molecule has 0 atom stereocenters. The fourth-order valence-corrected chi connectivity index (χ4v) is 11.9. The predicted molar refractivity (Wildman–Crippen MR) is 197 cm³/mol. The lowest BCUT2D eigenvalue weighted by Crippen LogP contribution is -2.64. The molecule has 5 aromatic rings. The number of para-hydroxylation sites is 2. The van der Waals surface area contributed by atoms with E-state index in [2.05, 4.69) is 134 Å². The summed E-state index contributed by atoms with van der Waals surface area (Å²) in [6, 6.07) is 40.6. The Kier molecular flexibility index (Phi) is 5.26. The molecule has 4 fully saturated rings. The monoisotopic (exact) mass is 608 g/mol. The van der Waals surface area contributed by atoms with Gasteiger partial charge in [-0.05, 0) is 144 Å². The minimum Gasteiger partial charge on any atom is -0.311 e. The molecule has 2 nitrogen and oxygen atoms in total. The summed E-state index contributed by atoms with van der Waals surface area (Å²) in [6.45, 7) is 7.04. The van der Waals surface area contributed by atoms with Crippen LogP contribution >= 0.6 is 0 Å². The lowest BCUT2D eigenvalue weighted by Gasteiger charge is -2.64. The van der Waals surface area contributed by atoms with Crippen molar-refractivity contribution in [2.45, 2.75) is 64.2 Å². The van der Waals surface area contributed by atoms with Crippen LogP contribution in [0.4, 0.5) is 34.1 Å². The Balaban J connectivity index is 1.22. The number of aryl methyl sites for hydroxylation is 1. The molecule has 4 saturated carbocycles. The molecule has 3 heterocycles. The van der Waals surface area contributed by atoms with Crippen LogP contribution in [0.1, 0.15) is 74.1 Å². The Morgan fingerprint density at radius 3 is 2.09 bits per heavy atom. The fourth-order valence-electron chi connectivity index (χ4n) is 11.9. The average Bonchev–Trinajstić information content (AvgIpc) is 3.08. The van der Waals surface area contributed by atoms with Gasteiger partial charge in [0.15, 0.2) is 0 Å². The lowest BCUT2D eigenvalue weighted by atomic mass is 9.32. The second-order valence-corrected chi connectivity index (χ2v) is 16.1. The Labute approximate surface area is 279 Å². The van der Waals surface area contributed by atoms with Crippen molar-refractivity contribution in [3.05, 3.63) is 125 Å². The van der Waals surface area contributed by atoms with Crippen LogP contribution in [-0.2, 0) is 5.41 Å². The van der Waals surface area contributed by atoms with E-state index in [9.17, 15) is 0 Å². The van der Waals surface area contributed by atoms with Crippen molar-refractivity contribution >= 4 is 57.2 Å². The third-order valence-corrected chi connectivity index (χ3v) is 13.4. The first-order valence-corrected chi connectivity index (χ1v) is 18.2. The quantitative estimate of drug-likeness (QED) is 0.181. The Hall–Kier alpha value is -4.24. The summed E-state index contributed by atoms with van der Waals surface area (Å²) in [5.41, 5.74) is 18.6. The second-order valence-electron chi connectivity index (χ2n) is 16.1. The van der Waals surface area contributed by atoms with Crippen molar-refractivity contribution in [2.24, 2.45) is 23.7 Å². The van der Waals surface area contributed by atoms with Crippen LogP contribution in [0.2, 0.25) is 0 Å². The molecule has 0 unspecified atom stereocenters. The first-order chi connectivity index (χ1) is 23.0. The zero-order valence-corrected chi connectivity index (χ0v) is 27.7. The average molecular weight is 609 g/mol. The van der Waals surface area contributed by atoms with E-state index in [4.69, 9.17) is 0 Å². The molecule has 47 heavy (non-hydrogen) atoms. The molecule has 0 amide bonds. The minimum atomic E-state index is 0.120. The predicted octanol–water partition coefficient (Wildman–Crippen LogP) is 9.26. The summed E-state index contributed by atoms with van der Waals surface area (Å²) in [5, 5.41) is 0. The summed E-state index contributed by atoms with van der Waals surface area (Å²) < 4.78 is 0. The van der Waals surface area contributed by atoms with Crippen LogP contribution in [0.3, 0.4) is 0 Å². The number of anilines is 6. The molecule has 5 aromatic carbocycles. The van der Waals surface area contributed by atoms with Crippen molar-refractivity contribution in [3.8, 4) is 0 Å². The highest BCUT2D eigenvalue weighted by molar-refractivity contribution is 7.00. The molecule has 4 bridgehead atoms. The molecule has 0 saturated heterocycles. The van der Waals surface area contributed by atoms with Gasteiger partial charge in [0.1, 0.15) is 0 Å². The van der Waals surface area contributed by atoms with Crippen molar-refractivity contribution in [2.75, 3.05) is 9.80 Å². The largest absolute Gasteiger partial charge is 0.311 e. The molecule has 0 N–H and O–H groups in total. The smallest absolute Gasteiger partial charge is 0.252 e. The Bertz CT molecular complexity index is 2120. The highest BCUT2D eigenvalue weighted by Crippen LogP contribution is 2.69. The van der Waals surface area contributed by atoms with Crippen molar-refractivity contribution < 1.29 is 0 Å². The first kappa shape index (κ1) is 26.8. The molecular formula is C44H41BN2. The zero-order chi connectivity index (χ0) is 31.2. The van der Waals surface area contributed by atoms with Gasteiger partial charge in [-0.15, -0.1) is 0 Å². The molecular weight excluding hydrogens is 567 g/mol. The normalized spacial score (nSPS) is 26.8. The number of fused-ring (bicyclic) bond motifs is 6. The minimum absolute atomic E-state index is 0.120. The topological polar surface area (TPSA) is 6.48 Å². The molecule has 12 rings (SSSR count). The van der Waals surface area contributed by atoms with Gasteiger partial charge in [0.2, 0.25) is 0 Å². The van der Waals surface area contributed by atoms with Crippen LogP contribution in [0, 0.1) is 30.6 Å². The molecule has 4 aliphatic carbocycles. The highest BCUT2D eigenvalue weighted by Gasteiger charge is 2.62. The van der Waals surface area contributed by atoms with Crippen LogP contribution in [-0.4, -0.2) is 6.71 Å². The summed E-state index contributed by atoms with van der Waals surface area (Å²) in [7, 11) is 0. The number of nitrogens with zero attached hydrogens (tertiary/aromatic N) is 2. The first-order valence-electron chi connectivity index (χ1n) is 18.2. The molecule has 3 aliphatic heterocycles. The maximum absolute atomic E-state index is 2.70. The maximum Gasteiger partial charge on any atom is 0.252 e. The van der Waals surface area contributed by atoms with Crippen molar-refractivity contribution in [1.82, 2.24) is 0 Å².